The number of Topliss-reactive ketones (excluding diaryl/α,β-unsaturated/α-hetero) is 1. The molecular weight excluding hydrogens is 356 g/mol. The smallest absolute Gasteiger partial charge is 0.202 e. The molecule has 110 valence electrons. The van der Waals surface area contributed by atoms with Crippen LogP contribution < -0.4 is 9.47 Å². The molecule has 0 radical (unpaired) electrons. The molecule has 1 unspecified atom stereocenters. The van der Waals surface area contributed by atoms with Gasteiger partial charge in [0.1, 0.15) is 11.5 Å². The third-order valence-corrected chi connectivity index (χ3v) is 3.73. The van der Waals surface area contributed by atoms with Gasteiger partial charge in [-0.1, -0.05) is 27.5 Å². The van der Waals surface area contributed by atoms with E-state index in [0.29, 0.717) is 22.1 Å². The van der Waals surface area contributed by atoms with Gasteiger partial charge >= 0.3 is 0 Å². The van der Waals surface area contributed by atoms with Gasteiger partial charge in [-0.25, -0.2) is 0 Å². The van der Waals surface area contributed by atoms with Crippen LogP contribution in [0.3, 0.4) is 0 Å². The highest BCUT2D eigenvalue weighted by Gasteiger charge is 2.18. The second-order valence-corrected chi connectivity index (χ2v) is 5.75. The molecule has 3 nitrogen and oxygen atoms in total. The molecule has 1 atom stereocenters. The van der Waals surface area contributed by atoms with Crippen molar-refractivity contribution >= 4 is 33.3 Å². The van der Waals surface area contributed by atoms with Crippen LogP contribution in [0.5, 0.6) is 11.5 Å². The molecule has 0 heterocycles. The van der Waals surface area contributed by atoms with E-state index >= 15 is 0 Å². The van der Waals surface area contributed by atoms with Crippen molar-refractivity contribution in [2.75, 3.05) is 7.11 Å². The maximum atomic E-state index is 12.3. The van der Waals surface area contributed by atoms with Crippen LogP contribution in [0.15, 0.2) is 46.9 Å². The molecule has 2 aromatic carbocycles. The van der Waals surface area contributed by atoms with Crippen LogP contribution in [0.4, 0.5) is 0 Å². The molecule has 0 bridgehead atoms. The number of methoxy groups -OCH3 is 1. The minimum absolute atomic E-state index is 0.114. The second kappa shape index (κ2) is 6.96. The van der Waals surface area contributed by atoms with Crippen LogP contribution >= 0.6 is 27.5 Å². The van der Waals surface area contributed by atoms with E-state index in [1.165, 1.54) is 0 Å². The Bertz CT molecular complexity index is 640. The zero-order valence-electron chi connectivity index (χ0n) is 11.6. The molecule has 0 fully saturated rings. The van der Waals surface area contributed by atoms with Crippen LogP contribution in [-0.2, 0) is 0 Å². The molecule has 0 aliphatic carbocycles. The molecule has 0 amide bonds. The highest BCUT2D eigenvalue weighted by atomic mass is 79.9. The number of hydrogen-bond donors (Lipinski definition) is 0. The Morgan fingerprint density at radius 3 is 2.43 bits per heavy atom. The predicted molar refractivity (Wildman–Crippen MR) is 86.6 cm³/mol. The lowest BCUT2D eigenvalue weighted by Crippen LogP contribution is -2.24. The van der Waals surface area contributed by atoms with Gasteiger partial charge in [0.2, 0.25) is 5.78 Å². The van der Waals surface area contributed by atoms with E-state index in [9.17, 15) is 4.79 Å². The van der Waals surface area contributed by atoms with Crippen molar-refractivity contribution in [2.24, 2.45) is 0 Å². The Balaban J connectivity index is 2.11. The number of benzene rings is 2. The molecule has 0 aliphatic rings. The summed E-state index contributed by atoms with van der Waals surface area (Å²) in [6.07, 6.45) is -0.628. The average molecular weight is 370 g/mol. The molecule has 2 rings (SSSR count). The van der Waals surface area contributed by atoms with Gasteiger partial charge in [0, 0.05) is 10.0 Å². The Hall–Kier alpha value is -1.52. The monoisotopic (exact) mass is 368 g/mol. The largest absolute Gasteiger partial charge is 0.497 e. The molecule has 21 heavy (non-hydrogen) atoms. The summed E-state index contributed by atoms with van der Waals surface area (Å²) in [6, 6.07) is 12.2. The van der Waals surface area contributed by atoms with Crippen molar-refractivity contribution < 1.29 is 14.3 Å². The standard InChI is InChI=1S/C16H14BrClO3/c1-10(21-15-8-5-12(17)9-14(15)18)16(19)11-3-6-13(20-2)7-4-11/h3-10H,1-2H3. The summed E-state index contributed by atoms with van der Waals surface area (Å²) in [5, 5.41) is 0.457. The third kappa shape index (κ3) is 3.99. The first-order chi connectivity index (χ1) is 10.0. The number of rotatable bonds is 5. The molecule has 2 aromatic rings. The molecule has 0 N–H and O–H groups in total. The fourth-order valence-corrected chi connectivity index (χ4v) is 2.52. The number of halogens is 2. The summed E-state index contributed by atoms with van der Waals surface area (Å²) in [7, 11) is 1.58. The first-order valence-corrected chi connectivity index (χ1v) is 7.48. The number of carbonyl (C=O) groups excluding carboxylic acids is 1. The second-order valence-electron chi connectivity index (χ2n) is 4.43. The van der Waals surface area contributed by atoms with Gasteiger partial charge in [-0.05, 0) is 49.4 Å². The van der Waals surface area contributed by atoms with Crippen LogP contribution in [0.25, 0.3) is 0 Å². The SMILES string of the molecule is COc1ccc(C(=O)C(C)Oc2ccc(Br)cc2Cl)cc1. The van der Waals surface area contributed by atoms with Gasteiger partial charge in [-0.2, -0.15) is 0 Å². The summed E-state index contributed by atoms with van der Waals surface area (Å²) in [5.74, 6) is 1.07. The molecule has 5 heteroatoms. The number of carbonyl (C=O) groups is 1. The topological polar surface area (TPSA) is 35.5 Å². The summed E-state index contributed by atoms with van der Waals surface area (Å²) in [4.78, 5) is 12.3. The van der Waals surface area contributed by atoms with Gasteiger partial charge in [0.05, 0.1) is 12.1 Å². The van der Waals surface area contributed by atoms with E-state index < -0.39 is 6.10 Å². The lowest BCUT2D eigenvalue weighted by atomic mass is 10.1. The lowest BCUT2D eigenvalue weighted by Gasteiger charge is -2.15. The molecule has 0 aliphatic heterocycles. The van der Waals surface area contributed by atoms with E-state index in [-0.39, 0.29) is 5.78 Å². The Morgan fingerprint density at radius 2 is 1.86 bits per heavy atom. The Morgan fingerprint density at radius 1 is 1.19 bits per heavy atom. The molecule has 0 saturated carbocycles. The normalized spacial score (nSPS) is 11.8. The fraction of sp³-hybridized carbons (Fsp3) is 0.188. The molecular formula is C16H14BrClO3. The number of ether oxygens (including phenoxy) is 2. The fourth-order valence-electron chi connectivity index (χ4n) is 1.80. The number of ketones is 1. The maximum Gasteiger partial charge on any atom is 0.202 e. The first kappa shape index (κ1) is 15.9. The van der Waals surface area contributed by atoms with Crippen LogP contribution in [0, 0.1) is 0 Å². The summed E-state index contributed by atoms with van der Waals surface area (Å²) < 4.78 is 11.6. The minimum atomic E-state index is -0.628. The van der Waals surface area contributed by atoms with Crippen molar-refractivity contribution in [1.82, 2.24) is 0 Å². The van der Waals surface area contributed by atoms with Crippen molar-refractivity contribution in [3.63, 3.8) is 0 Å². The lowest BCUT2D eigenvalue weighted by molar-refractivity contribution is 0.0818. The van der Waals surface area contributed by atoms with Crippen molar-refractivity contribution in [3.8, 4) is 11.5 Å². The number of hydrogen-bond acceptors (Lipinski definition) is 3. The molecule has 0 aromatic heterocycles. The van der Waals surface area contributed by atoms with Crippen molar-refractivity contribution in [3.05, 3.63) is 57.5 Å². The highest BCUT2D eigenvalue weighted by Crippen LogP contribution is 2.29. The highest BCUT2D eigenvalue weighted by molar-refractivity contribution is 9.10. The van der Waals surface area contributed by atoms with E-state index in [4.69, 9.17) is 21.1 Å². The van der Waals surface area contributed by atoms with Crippen LogP contribution in [-0.4, -0.2) is 19.0 Å². The predicted octanol–water partition coefficient (Wildman–Crippen LogP) is 4.76. The van der Waals surface area contributed by atoms with Crippen molar-refractivity contribution in [2.45, 2.75) is 13.0 Å². The van der Waals surface area contributed by atoms with Gasteiger partial charge in [0.25, 0.3) is 0 Å². The van der Waals surface area contributed by atoms with Crippen molar-refractivity contribution in [1.29, 1.82) is 0 Å². The van der Waals surface area contributed by atoms with Crippen LogP contribution in [0.1, 0.15) is 17.3 Å². The zero-order valence-corrected chi connectivity index (χ0v) is 13.9. The van der Waals surface area contributed by atoms with E-state index in [2.05, 4.69) is 15.9 Å². The maximum absolute atomic E-state index is 12.3. The third-order valence-electron chi connectivity index (χ3n) is 2.94. The summed E-state index contributed by atoms with van der Waals surface area (Å²) in [5.41, 5.74) is 0.566. The first-order valence-electron chi connectivity index (χ1n) is 6.31. The quantitative estimate of drug-likeness (QED) is 0.713. The minimum Gasteiger partial charge on any atom is -0.497 e. The summed E-state index contributed by atoms with van der Waals surface area (Å²) >= 11 is 9.40. The van der Waals surface area contributed by atoms with Gasteiger partial charge in [0.15, 0.2) is 6.10 Å². The van der Waals surface area contributed by atoms with E-state index in [1.54, 1.807) is 50.4 Å². The molecule has 0 spiro atoms. The molecule has 0 saturated heterocycles. The summed E-state index contributed by atoms with van der Waals surface area (Å²) in [6.45, 7) is 1.70. The zero-order chi connectivity index (χ0) is 15.4. The van der Waals surface area contributed by atoms with Gasteiger partial charge in [-0.15, -0.1) is 0 Å². The average Bonchev–Trinajstić information content (AvgIpc) is 2.49. The van der Waals surface area contributed by atoms with E-state index in [0.717, 1.165) is 4.47 Å². The Kier molecular flexibility index (Phi) is 5.26. The Labute approximate surface area is 137 Å². The van der Waals surface area contributed by atoms with Crippen LogP contribution in [0.2, 0.25) is 5.02 Å². The van der Waals surface area contributed by atoms with Gasteiger partial charge < -0.3 is 9.47 Å². The van der Waals surface area contributed by atoms with E-state index in [1.807, 2.05) is 6.07 Å². The van der Waals surface area contributed by atoms with Gasteiger partial charge in [-0.3, -0.25) is 4.79 Å².